The summed E-state index contributed by atoms with van der Waals surface area (Å²) in [6, 6.07) is 0.168. The molecule has 1 saturated heterocycles. The van der Waals surface area contributed by atoms with Crippen molar-refractivity contribution in [2.75, 3.05) is 11.4 Å². The zero-order valence-electron chi connectivity index (χ0n) is 11.8. The van der Waals surface area contributed by atoms with Gasteiger partial charge in [-0.1, -0.05) is 0 Å². The molecule has 1 atom stereocenters. The first-order valence-corrected chi connectivity index (χ1v) is 6.78. The van der Waals surface area contributed by atoms with E-state index in [0.29, 0.717) is 25.1 Å². The molecule has 22 heavy (non-hydrogen) atoms. The minimum Gasteiger partial charge on any atom is -0.308 e. The maximum Gasteiger partial charge on any atom is 0.435 e. The van der Waals surface area contributed by atoms with Crippen molar-refractivity contribution in [1.82, 2.24) is 19.6 Å². The molecule has 1 aliphatic heterocycles. The van der Waals surface area contributed by atoms with E-state index < -0.39 is 17.9 Å². The van der Waals surface area contributed by atoms with Gasteiger partial charge < -0.3 is 4.90 Å². The molecule has 0 spiro atoms. The van der Waals surface area contributed by atoms with Gasteiger partial charge in [0.15, 0.2) is 5.69 Å². The Labute approximate surface area is 124 Å². The number of carbonyl (C=O) groups is 1. The number of alkyl halides is 3. The Hall–Kier alpha value is -2.32. The number of hydrogen-bond donors (Lipinski definition) is 0. The molecule has 0 bridgehead atoms. The smallest absolute Gasteiger partial charge is 0.308 e. The van der Waals surface area contributed by atoms with Gasteiger partial charge in [0, 0.05) is 26.0 Å². The highest BCUT2D eigenvalue weighted by Gasteiger charge is 2.36. The summed E-state index contributed by atoms with van der Waals surface area (Å²) in [6.45, 7) is 0.522. The molecule has 9 heteroatoms. The van der Waals surface area contributed by atoms with Gasteiger partial charge in [-0.25, -0.2) is 0 Å². The van der Waals surface area contributed by atoms with E-state index in [0.717, 1.165) is 10.7 Å². The van der Waals surface area contributed by atoms with Crippen LogP contribution in [0.3, 0.4) is 0 Å². The van der Waals surface area contributed by atoms with Gasteiger partial charge in [0.05, 0.1) is 11.9 Å². The van der Waals surface area contributed by atoms with Crippen molar-refractivity contribution in [3.8, 4) is 0 Å². The third-order valence-corrected chi connectivity index (χ3v) is 3.63. The molecule has 2 aromatic rings. The first-order chi connectivity index (χ1) is 10.4. The molecule has 3 heterocycles. The molecule has 2 aromatic heterocycles. The average molecular weight is 313 g/mol. The van der Waals surface area contributed by atoms with Crippen LogP contribution in [0.1, 0.15) is 24.6 Å². The molecule has 3 rings (SSSR count). The van der Waals surface area contributed by atoms with Crippen molar-refractivity contribution >= 4 is 11.6 Å². The van der Waals surface area contributed by atoms with Crippen molar-refractivity contribution in [3.05, 3.63) is 30.4 Å². The van der Waals surface area contributed by atoms with Gasteiger partial charge in [0.1, 0.15) is 6.04 Å². The fourth-order valence-corrected chi connectivity index (χ4v) is 2.57. The van der Waals surface area contributed by atoms with Crippen molar-refractivity contribution in [1.29, 1.82) is 0 Å². The van der Waals surface area contributed by atoms with Crippen LogP contribution in [0.4, 0.5) is 18.9 Å². The van der Waals surface area contributed by atoms with Gasteiger partial charge in [0.25, 0.3) is 5.91 Å². The summed E-state index contributed by atoms with van der Waals surface area (Å²) in [6.07, 6.45) is 1.11. The van der Waals surface area contributed by atoms with E-state index in [2.05, 4.69) is 10.2 Å². The highest BCUT2D eigenvalue weighted by Crippen LogP contribution is 2.30. The van der Waals surface area contributed by atoms with Crippen molar-refractivity contribution in [2.24, 2.45) is 7.05 Å². The number of halogens is 3. The summed E-state index contributed by atoms with van der Waals surface area (Å²) in [5.41, 5.74) is -0.348. The van der Waals surface area contributed by atoms with Gasteiger partial charge in [-0.15, -0.1) is 0 Å². The molecule has 118 valence electrons. The van der Waals surface area contributed by atoms with Crippen LogP contribution in [0.25, 0.3) is 0 Å². The largest absolute Gasteiger partial charge is 0.435 e. The highest BCUT2D eigenvalue weighted by atomic mass is 19.4. The number of rotatable bonds is 2. The highest BCUT2D eigenvalue weighted by molar-refractivity contribution is 5.96. The van der Waals surface area contributed by atoms with Crippen molar-refractivity contribution in [2.45, 2.75) is 25.1 Å². The van der Waals surface area contributed by atoms with E-state index >= 15 is 0 Å². The predicted octanol–water partition coefficient (Wildman–Crippen LogP) is 2.00. The van der Waals surface area contributed by atoms with Gasteiger partial charge in [-0.05, 0) is 18.9 Å². The molecule has 1 fully saturated rings. The average Bonchev–Trinajstić information content (AvgIpc) is 3.07. The maximum atomic E-state index is 12.6. The van der Waals surface area contributed by atoms with E-state index in [9.17, 15) is 18.0 Å². The van der Waals surface area contributed by atoms with Gasteiger partial charge >= 0.3 is 6.18 Å². The molecule has 0 aromatic carbocycles. The van der Waals surface area contributed by atoms with Crippen LogP contribution in [-0.4, -0.2) is 32.0 Å². The van der Waals surface area contributed by atoms with Crippen LogP contribution in [0, 0.1) is 0 Å². The molecular formula is C13H14F3N5O. The first kappa shape index (κ1) is 14.6. The second kappa shape index (κ2) is 5.15. The van der Waals surface area contributed by atoms with Crippen LogP contribution >= 0.6 is 0 Å². The summed E-state index contributed by atoms with van der Waals surface area (Å²) >= 11 is 0. The number of piperidine rings is 1. The van der Waals surface area contributed by atoms with Gasteiger partial charge in [-0.2, -0.15) is 23.4 Å². The lowest BCUT2D eigenvalue weighted by Gasteiger charge is -2.31. The summed E-state index contributed by atoms with van der Waals surface area (Å²) in [5.74, 6) is -0.268. The second-order valence-electron chi connectivity index (χ2n) is 5.20. The predicted molar refractivity (Wildman–Crippen MR) is 71.1 cm³/mol. The zero-order valence-corrected chi connectivity index (χ0v) is 11.8. The van der Waals surface area contributed by atoms with E-state index in [-0.39, 0.29) is 5.91 Å². The SMILES string of the molecule is Cn1cc(N2CCCC(n3ccc(C(F)(F)F)n3)C2=O)cn1. The van der Waals surface area contributed by atoms with E-state index in [4.69, 9.17) is 0 Å². The number of aryl methyl sites for hydroxylation is 1. The van der Waals surface area contributed by atoms with Crippen molar-refractivity contribution < 1.29 is 18.0 Å². The molecule has 1 amide bonds. The molecule has 0 radical (unpaired) electrons. The minimum absolute atomic E-state index is 0.268. The molecule has 1 unspecified atom stereocenters. The fraction of sp³-hybridized carbons (Fsp3) is 0.462. The summed E-state index contributed by atoms with van der Waals surface area (Å²) in [7, 11) is 1.73. The maximum absolute atomic E-state index is 12.6. The lowest BCUT2D eigenvalue weighted by atomic mass is 10.0. The normalized spacial score (nSPS) is 19.7. The fourth-order valence-electron chi connectivity index (χ4n) is 2.57. The minimum atomic E-state index is -4.51. The van der Waals surface area contributed by atoms with Crippen LogP contribution in [-0.2, 0) is 18.0 Å². The number of aromatic nitrogens is 4. The van der Waals surface area contributed by atoms with E-state index in [1.54, 1.807) is 24.1 Å². The topological polar surface area (TPSA) is 56.0 Å². The number of carbonyl (C=O) groups excluding carboxylic acids is 1. The van der Waals surface area contributed by atoms with Gasteiger partial charge in [-0.3, -0.25) is 14.2 Å². The Morgan fingerprint density at radius 1 is 1.36 bits per heavy atom. The van der Waals surface area contributed by atoms with Crippen LogP contribution < -0.4 is 4.90 Å². The van der Waals surface area contributed by atoms with E-state index in [1.165, 1.54) is 11.1 Å². The Bertz CT molecular complexity index is 690. The van der Waals surface area contributed by atoms with Crippen LogP contribution in [0.15, 0.2) is 24.7 Å². The number of anilines is 1. The lowest BCUT2D eigenvalue weighted by Crippen LogP contribution is -2.42. The Morgan fingerprint density at radius 2 is 2.14 bits per heavy atom. The van der Waals surface area contributed by atoms with Gasteiger partial charge in [0.2, 0.25) is 0 Å². The number of nitrogens with zero attached hydrogens (tertiary/aromatic N) is 5. The Morgan fingerprint density at radius 3 is 2.73 bits per heavy atom. The Balaban J connectivity index is 1.85. The third kappa shape index (κ3) is 2.58. The molecule has 1 aliphatic rings. The monoisotopic (exact) mass is 313 g/mol. The third-order valence-electron chi connectivity index (χ3n) is 3.63. The van der Waals surface area contributed by atoms with Crippen LogP contribution in [0.2, 0.25) is 0 Å². The quantitative estimate of drug-likeness (QED) is 0.852. The summed E-state index contributed by atoms with van der Waals surface area (Å²) < 4.78 is 40.6. The molecule has 6 nitrogen and oxygen atoms in total. The standard InChI is InChI=1S/C13H14F3N5O/c1-19-8-9(7-17-19)20-5-2-3-10(12(20)22)21-6-4-11(18-21)13(14,15)16/h4,6-8,10H,2-3,5H2,1H3. The molecule has 0 aliphatic carbocycles. The molecule has 0 N–H and O–H groups in total. The molecule has 0 saturated carbocycles. The first-order valence-electron chi connectivity index (χ1n) is 6.78. The van der Waals surface area contributed by atoms with E-state index in [1.807, 2.05) is 0 Å². The Kier molecular flexibility index (Phi) is 3.42. The lowest BCUT2D eigenvalue weighted by molar-refractivity contribution is -0.142. The number of amides is 1. The van der Waals surface area contributed by atoms with Crippen molar-refractivity contribution in [3.63, 3.8) is 0 Å². The number of hydrogen-bond acceptors (Lipinski definition) is 3. The molecular weight excluding hydrogens is 299 g/mol. The zero-order chi connectivity index (χ0) is 15.9. The summed E-state index contributed by atoms with van der Waals surface area (Å²) in [5, 5.41) is 7.52. The second-order valence-corrected chi connectivity index (χ2v) is 5.20. The van der Waals surface area contributed by atoms with Crippen LogP contribution in [0.5, 0.6) is 0 Å². The summed E-state index contributed by atoms with van der Waals surface area (Å²) in [4.78, 5) is 14.1.